The molecule has 0 aliphatic heterocycles. The van der Waals surface area contributed by atoms with E-state index in [-0.39, 0.29) is 17.4 Å². The van der Waals surface area contributed by atoms with Crippen LogP contribution in [0.4, 0.5) is 4.39 Å². The summed E-state index contributed by atoms with van der Waals surface area (Å²) in [4.78, 5) is 12.0. The Morgan fingerprint density at radius 3 is 2.73 bits per heavy atom. The molecule has 0 unspecified atom stereocenters. The largest absolute Gasteiger partial charge is 0.507 e. The summed E-state index contributed by atoms with van der Waals surface area (Å²) in [5.41, 5.74) is 0.716. The number of aromatic hydroxyl groups is 1. The molecule has 3 nitrogen and oxygen atoms in total. The van der Waals surface area contributed by atoms with Crippen LogP contribution in [0, 0.1) is 5.82 Å². The summed E-state index contributed by atoms with van der Waals surface area (Å²) < 4.78 is 18.7. The molecule has 0 aliphatic rings. The lowest BCUT2D eigenvalue weighted by Crippen LogP contribution is -2.05. The van der Waals surface area contributed by atoms with Gasteiger partial charge in [0, 0.05) is 0 Å². The number of phenolic OH excluding ortho intramolecular Hbond substituents is 1. The van der Waals surface area contributed by atoms with E-state index in [0.29, 0.717) is 5.75 Å². The van der Waals surface area contributed by atoms with Crippen LogP contribution in [0.25, 0.3) is 6.08 Å². The highest BCUT2D eigenvalue weighted by atomic mass is 19.1. The number of carbonyl (C=O) groups is 1. The SMILES string of the molecule is CC(C)Oc1cccc(/C=C/C(=O)c2cc(F)ccc2O)c1. The van der Waals surface area contributed by atoms with Gasteiger partial charge in [-0.3, -0.25) is 4.79 Å². The van der Waals surface area contributed by atoms with Crippen molar-refractivity contribution in [1.29, 1.82) is 0 Å². The Bertz CT molecular complexity index is 705. The first-order valence-corrected chi connectivity index (χ1v) is 6.93. The Hall–Kier alpha value is -2.62. The Morgan fingerprint density at radius 1 is 1.23 bits per heavy atom. The van der Waals surface area contributed by atoms with Crippen LogP contribution in [-0.2, 0) is 0 Å². The minimum absolute atomic E-state index is 0.0603. The first kappa shape index (κ1) is 15.8. The molecule has 0 saturated carbocycles. The van der Waals surface area contributed by atoms with E-state index in [1.807, 2.05) is 32.0 Å². The molecule has 2 aromatic rings. The summed E-state index contributed by atoms with van der Waals surface area (Å²) in [7, 11) is 0. The van der Waals surface area contributed by atoms with E-state index >= 15 is 0 Å². The van der Waals surface area contributed by atoms with E-state index in [2.05, 4.69) is 0 Å². The summed E-state index contributed by atoms with van der Waals surface area (Å²) >= 11 is 0. The molecular formula is C18H17FO3. The zero-order chi connectivity index (χ0) is 16.1. The van der Waals surface area contributed by atoms with Crippen molar-refractivity contribution >= 4 is 11.9 Å². The number of hydrogen-bond donors (Lipinski definition) is 1. The average Bonchev–Trinajstić information content (AvgIpc) is 2.47. The highest BCUT2D eigenvalue weighted by Crippen LogP contribution is 2.20. The molecule has 0 heterocycles. The topological polar surface area (TPSA) is 46.5 Å². The monoisotopic (exact) mass is 300 g/mol. The normalized spacial score (nSPS) is 11.1. The molecule has 0 bridgehead atoms. The number of ether oxygens (including phenoxy) is 1. The van der Waals surface area contributed by atoms with Gasteiger partial charge in [-0.05, 0) is 55.8 Å². The molecule has 0 aromatic heterocycles. The summed E-state index contributed by atoms with van der Waals surface area (Å²) in [6.45, 7) is 3.86. The Labute approximate surface area is 128 Å². The summed E-state index contributed by atoms with van der Waals surface area (Å²) in [6, 6.07) is 10.5. The van der Waals surface area contributed by atoms with Crippen molar-refractivity contribution in [3.63, 3.8) is 0 Å². The van der Waals surface area contributed by atoms with Gasteiger partial charge in [-0.25, -0.2) is 4.39 Å². The molecule has 0 atom stereocenters. The van der Waals surface area contributed by atoms with Gasteiger partial charge < -0.3 is 9.84 Å². The van der Waals surface area contributed by atoms with Crippen LogP contribution in [0.15, 0.2) is 48.5 Å². The number of halogens is 1. The maximum Gasteiger partial charge on any atom is 0.189 e. The third kappa shape index (κ3) is 4.19. The number of carbonyl (C=O) groups excluding carboxylic acids is 1. The number of phenols is 1. The molecular weight excluding hydrogens is 283 g/mol. The third-order valence-corrected chi connectivity index (χ3v) is 2.88. The van der Waals surface area contributed by atoms with E-state index in [9.17, 15) is 14.3 Å². The molecule has 0 saturated heterocycles. The first-order chi connectivity index (χ1) is 10.5. The van der Waals surface area contributed by atoms with E-state index in [1.165, 1.54) is 6.08 Å². The molecule has 2 aromatic carbocycles. The lowest BCUT2D eigenvalue weighted by Gasteiger charge is -2.09. The van der Waals surface area contributed by atoms with E-state index in [1.54, 1.807) is 12.1 Å². The van der Waals surface area contributed by atoms with Crippen molar-refractivity contribution < 1.29 is 19.0 Å². The summed E-state index contributed by atoms with van der Waals surface area (Å²) in [6.07, 6.45) is 2.95. The maximum atomic E-state index is 13.1. The van der Waals surface area contributed by atoms with E-state index in [4.69, 9.17) is 4.74 Å². The molecule has 0 fully saturated rings. The minimum atomic E-state index is -0.568. The molecule has 0 spiro atoms. The van der Waals surface area contributed by atoms with Crippen LogP contribution >= 0.6 is 0 Å². The smallest absolute Gasteiger partial charge is 0.189 e. The van der Waals surface area contributed by atoms with E-state index < -0.39 is 11.6 Å². The molecule has 0 aliphatic carbocycles. The number of rotatable bonds is 5. The van der Waals surface area contributed by atoms with Gasteiger partial charge >= 0.3 is 0 Å². The number of ketones is 1. The van der Waals surface area contributed by atoms with Gasteiger partial charge in [0.1, 0.15) is 17.3 Å². The van der Waals surface area contributed by atoms with Crippen molar-refractivity contribution in [3.8, 4) is 11.5 Å². The van der Waals surface area contributed by atoms with Gasteiger partial charge in [0.25, 0.3) is 0 Å². The summed E-state index contributed by atoms with van der Waals surface area (Å²) in [5, 5.41) is 9.60. The van der Waals surface area contributed by atoms with Crippen LogP contribution in [0.5, 0.6) is 11.5 Å². The second kappa shape index (κ2) is 6.89. The van der Waals surface area contributed by atoms with Gasteiger partial charge in [-0.1, -0.05) is 18.2 Å². The number of benzene rings is 2. The minimum Gasteiger partial charge on any atom is -0.507 e. The number of hydrogen-bond acceptors (Lipinski definition) is 3. The third-order valence-electron chi connectivity index (χ3n) is 2.88. The molecule has 114 valence electrons. The Balaban J connectivity index is 2.17. The van der Waals surface area contributed by atoms with Gasteiger partial charge in [-0.15, -0.1) is 0 Å². The van der Waals surface area contributed by atoms with Crippen molar-refractivity contribution in [2.75, 3.05) is 0 Å². The lowest BCUT2D eigenvalue weighted by molar-refractivity contribution is 0.104. The highest BCUT2D eigenvalue weighted by Gasteiger charge is 2.09. The van der Waals surface area contributed by atoms with E-state index in [0.717, 1.165) is 23.8 Å². The second-order valence-electron chi connectivity index (χ2n) is 5.10. The summed E-state index contributed by atoms with van der Waals surface area (Å²) in [5.74, 6) is -0.569. The van der Waals surface area contributed by atoms with Crippen LogP contribution in [-0.4, -0.2) is 17.0 Å². The highest BCUT2D eigenvalue weighted by molar-refractivity contribution is 6.08. The predicted molar refractivity (Wildman–Crippen MR) is 83.6 cm³/mol. The van der Waals surface area contributed by atoms with Crippen LogP contribution < -0.4 is 4.74 Å². The predicted octanol–water partition coefficient (Wildman–Crippen LogP) is 4.21. The molecule has 1 N–H and O–H groups in total. The fourth-order valence-corrected chi connectivity index (χ4v) is 1.93. The molecule has 0 amide bonds. The average molecular weight is 300 g/mol. The van der Waals surface area contributed by atoms with Gasteiger partial charge in [0.15, 0.2) is 5.78 Å². The quantitative estimate of drug-likeness (QED) is 0.664. The van der Waals surface area contributed by atoms with Crippen molar-refractivity contribution in [2.24, 2.45) is 0 Å². The zero-order valence-electron chi connectivity index (χ0n) is 12.4. The van der Waals surface area contributed by atoms with Crippen molar-refractivity contribution in [2.45, 2.75) is 20.0 Å². The zero-order valence-corrected chi connectivity index (χ0v) is 12.4. The van der Waals surface area contributed by atoms with Crippen molar-refractivity contribution in [3.05, 3.63) is 65.5 Å². The molecule has 4 heteroatoms. The number of allylic oxidation sites excluding steroid dienone is 1. The second-order valence-corrected chi connectivity index (χ2v) is 5.10. The van der Waals surface area contributed by atoms with Crippen molar-refractivity contribution in [1.82, 2.24) is 0 Å². The van der Waals surface area contributed by atoms with Gasteiger partial charge in [0.05, 0.1) is 11.7 Å². The fraction of sp³-hybridized carbons (Fsp3) is 0.167. The first-order valence-electron chi connectivity index (χ1n) is 6.93. The standard InChI is InChI=1S/C18H17FO3/c1-12(2)22-15-5-3-4-13(10-15)6-8-17(20)16-11-14(19)7-9-18(16)21/h3-12,21H,1-2H3/b8-6+. The fourth-order valence-electron chi connectivity index (χ4n) is 1.93. The lowest BCUT2D eigenvalue weighted by atomic mass is 10.1. The molecule has 2 rings (SSSR count). The van der Waals surface area contributed by atoms with Crippen LogP contribution in [0.3, 0.4) is 0 Å². The van der Waals surface area contributed by atoms with Crippen LogP contribution in [0.1, 0.15) is 29.8 Å². The Kier molecular flexibility index (Phi) is 4.94. The van der Waals surface area contributed by atoms with Gasteiger partial charge in [-0.2, -0.15) is 0 Å². The molecule has 22 heavy (non-hydrogen) atoms. The van der Waals surface area contributed by atoms with Crippen LogP contribution in [0.2, 0.25) is 0 Å². The maximum absolute atomic E-state index is 13.1. The Morgan fingerprint density at radius 2 is 2.00 bits per heavy atom. The molecule has 0 radical (unpaired) electrons. The van der Waals surface area contributed by atoms with Gasteiger partial charge in [0.2, 0.25) is 0 Å².